The summed E-state index contributed by atoms with van der Waals surface area (Å²) in [5.74, 6) is -0.213. The standard InChI is InChI=1S/C20H27NO6/c1-14-10-25-12-16(14)9-18(17-13-26-11-15(17)2)27-20(23)21-8-6-4-5-7-19(22)24-3/h10-13,18H,4-9H2,1-3H3,(H,21,23). The number of furan rings is 2. The summed E-state index contributed by atoms with van der Waals surface area (Å²) in [5, 5.41) is 2.76. The van der Waals surface area contributed by atoms with Crippen molar-refractivity contribution < 1.29 is 27.9 Å². The van der Waals surface area contributed by atoms with Crippen LogP contribution in [0.4, 0.5) is 4.79 Å². The van der Waals surface area contributed by atoms with Crippen molar-refractivity contribution in [3.05, 3.63) is 47.3 Å². The Balaban J connectivity index is 1.82. The predicted octanol–water partition coefficient (Wildman–Crippen LogP) is 4.23. The van der Waals surface area contributed by atoms with Gasteiger partial charge in [0, 0.05) is 24.9 Å². The van der Waals surface area contributed by atoms with E-state index in [2.05, 4.69) is 10.1 Å². The quantitative estimate of drug-likeness (QED) is 0.492. The molecule has 0 bridgehead atoms. The number of ether oxygens (including phenoxy) is 2. The van der Waals surface area contributed by atoms with E-state index in [1.165, 1.54) is 7.11 Å². The highest BCUT2D eigenvalue weighted by Gasteiger charge is 2.22. The third kappa shape index (κ3) is 6.51. The Hall–Kier alpha value is -2.70. The Morgan fingerprint density at radius 3 is 2.41 bits per heavy atom. The lowest BCUT2D eigenvalue weighted by atomic mass is 10.0. The summed E-state index contributed by atoms with van der Waals surface area (Å²) in [7, 11) is 1.38. The van der Waals surface area contributed by atoms with Crippen LogP contribution in [-0.2, 0) is 20.7 Å². The van der Waals surface area contributed by atoms with E-state index in [1.807, 2.05) is 13.8 Å². The van der Waals surface area contributed by atoms with Crippen LogP contribution < -0.4 is 5.32 Å². The van der Waals surface area contributed by atoms with Gasteiger partial charge in [0.05, 0.1) is 32.2 Å². The lowest BCUT2D eigenvalue weighted by Crippen LogP contribution is -2.27. The molecule has 0 aliphatic carbocycles. The molecule has 1 atom stereocenters. The molecule has 148 valence electrons. The summed E-state index contributed by atoms with van der Waals surface area (Å²) in [6.07, 6.45) is 8.87. The minimum atomic E-state index is -0.477. The van der Waals surface area contributed by atoms with Crippen LogP contribution in [0, 0.1) is 13.8 Å². The molecule has 0 aliphatic rings. The monoisotopic (exact) mass is 377 g/mol. The van der Waals surface area contributed by atoms with Crippen molar-refractivity contribution in [3.8, 4) is 0 Å². The maximum Gasteiger partial charge on any atom is 0.407 e. The van der Waals surface area contributed by atoms with Crippen molar-refractivity contribution in [2.45, 2.75) is 52.1 Å². The number of unbranched alkanes of at least 4 members (excludes halogenated alkanes) is 2. The Bertz CT molecular complexity index is 732. The van der Waals surface area contributed by atoms with E-state index in [0.717, 1.165) is 41.5 Å². The van der Waals surface area contributed by atoms with E-state index in [0.29, 0.717) is 19.4 Å². The number of aryl methyl sites for hydroxylation is 2. The van der Waals surface area contributed by atoms with E-state index in [4.69, 9.17) is 13.6 Å². The molecule has 1 unspecified atom stereocenters. The SMILES string of the molecule is COC(=O)CCCCCNC(=O)OC(Cc1cocc1C)c1cocc1C. The topological polar surface area (TPSA) is 90.9 Å². The van der Waals surface area contributed by atoms with Crippen LogP contribution in [0.5, 0.6) is 0 Å². The lowest BCUT2D eigenvalue weighted by molar-refractivity contribution is -0.140. The number of esters is 1. The van der Waals surface area contributed by atoms with Crippen molar-refractivity contribution in [3.63, 3.8) is 0 Å². The average molecular weight is 377 g/mol. The van der Waals surface area contributed by atoms with Gasteiger partial charge in [-0.15, -0.1) is 0 Å². The van der Waals surface area contributed by atoms with Crippen molar-refractivity contribution in [2.24, 2.45) is 0 Å². The average Bonchev–Trinajstić information content (AvgIpc) is 3.25. The summed E-state index contributed by atoms with van der Waals surface area (Å²) < 4.78 is 20.7. The summed E-state index contributed by atoms with van der Waals surface area (Å²) in [5.41, 5.74) is 3.76. The number of carbonyl (C=O) groups excluding carboxylic acids is 2. The Labute approximate surface area is 159 Å². The van der Waals surface area contributed by atoms with Crippen LogP contribution in [-0.4, -0.2) is 25.7 Å². The molecule has 0 aromatic carbocycles. The van der Waals surface area contributed by atoms with E-state index < -0.39 is 12.2 Å². The first kappa shape index (κ1) is 20.6. The summed E-state index contributed by atoms with van der Waals surface area (Å²) in [6.45, 7) is 4.35. The largest absolute Gasteiger partial charge is 0.472 e. The molecule has 0 fully saturated rings. The number of hydrogen-bond donors (Lipinski definition) is 1. The molecule has 2 heterocycles. The normalized spacial score (nSPS) is 11.8. The molecule has 2 aromatic rings. The number of rotatable bonds is 10. The van der Waals surface area contributed by atoms with Crippen molar-refractivity contribution in [1.29, 1.82) is 0 Å². The fourth-order valence-corrected chi connectivity index (χ4v) is 2.75. The molecular formula is C20H27NO6. The van der Waals surface area contributed by atoms with Gasteiger partial charge in [0.1, 0.15) is 6.10 Å². The third-order valence-corrected chi connectivity index (χ3v) is 4.41. The molecule has 0 aliphatic heterocycles. The summed E-state index contributed by atoms with van der Waals surface area (Å²) in [4.78, 5) is 23.2. The molecule has 0 saturated carbocycles. The molecule has 0 spiro atoms. The molecule has 2 rings (SSSR count). The van der Waals surface area contributed by atoms with E-state index >= 15 is 0 Å². The molecule has 0 saturated heterocycles. The van der Waals surface area contributed by atoms with E-state index in [1.54, 1.807) is 25.1 Å². The number of nitrogens with one attached hydrogen (secondary N) is 1. The minimum absolute atomic E-state index is 0.213. The first-order chi connectivity index (χ1) is 13.0. The number of amides is 1. The smallest absolute Gasteiger partial charge is 0.407 e. The fourth-order valence-electron chi connectivity index (χ4n) is 2.75. The van der Waals surface area contributed by atoms with Crippen LogP contribution in [0.1, 0.15) is 54.0 Å². The van der Waals surface area contributed by atoms with Gasteiger partial charge < -0.3 is 23.6 Å². The van der Waals surface area contributed by atoms with Gasteiger partial charge in [-0.1, -0.05) is 6.42 Å². The maximum atomic E-state index is 12.2. The van der Waals surface area contributed by atoms with E-state index in [-0.39, 0.29) is 5.97 Å². The fraction of sp³-hybridized carbons (Fsp3) is 0.500. The first-order valence-electron chi connectivity index (χ1n) is 9.07. The van der Waals surface area contributed by atoms with Gasteiger partial charge in [0.15, 0.2) is 0 Å². The number of hydrogen-bond acceptors (Lipinski definition) is 6. The van der Waals surface area contributed by atoms with Gasteiger partial charge in [-0.2, -0.15) is 0 Å². The number of methoxy groups -OCH3 is 1. The van der Waals surface area contributed by atoms with Gasteiger partial charge in [0.25, 0.3) is 0 Å². The predicted molar refractivity (Wildman–Crippen MR) is 98.3 cm³/mol. The molecule has 1 amide bonds. The zero-order valence-electron chi connectivity index (χ0n) is 16.1. The molecule has 0 radical (unpaired) electrons. The van der Waals surface area contributed by atoms with E-state index in [9.17, 15) is 9.59 Å². The van der Waals surface area contributed by atoms with Gasteiger partial charge in [-0.3, -0.25) is 4.79 Å². The van der Waals surface area contributed by atoms with Crippen LogP contribution in [0.3, 0.4) is 0 Å². The highest BCUT2D eigenvalue weighted by Crippen LogP contribution is 2.27. The third-order valence-electron chi connectivity index (χ3n) is 4.41. The molecule has 27 heavy (non-hydrogen) atoms. The van der Waals surface area contributed by atoms with Gasteiger partial charge >= 0.3 is 12.1 Å². The maximum absolute atomic E-state index is 12.2. The highest BCUT2D eigenvalue weighted by atomic mass is 16.6. The van der Waals surface area contributed by atoms with Crippen molar-refractivity contribution in [2.75, 3.05) is 13.7 Å². The molecule has 2 aromatic heterocycles. The lowest BCUT2D eigenvalue weighted by Gasteiger charge is -2.18. The zero-order chi connectivity index (χ0) is 19.6. The second-order valence-corrected chi connectivity index (χ2v) is 6.50. The summed E-state index contributed by atoms with van der Waals surface area (Å²) in [6, 6.07) is 0. The highest BCUT2D eigenvalue weighted by molar-refractivity contribution is 5.69. The number of carbonyl (C=O) groups is 2. The van der Waals surface area contributed by atoms with Gasteiger partial charge in [0.2, 0.25) is 0 Å². The van der Waals surface area contributed by atoms with Crippen LogP contribution in [0.25, 0.3) is 0 Å². The van der Waals surface area contributed by atoms with Gasteiger partial charge in [-0.05, 0) is 43.4 Å². The van der Waals surface area contributed by atoms with Crippen LogP contribution in [0.15, 0.2) is 33.9 Å². The first-order valence-corrected chi connectivity index (χ1v) is 9.07. The van der Waals surface area contributed by atoms with Crippen LogP contribution in [0.2, 0.25) is 0 Å². The van der Waals surface area contributed by atoms with Crippen LogP contribution >= 0.6 is 0 Å². The Morgan fingerprint density at radius 2 is 1.78 bits per heavy atom. The molecular weight excluding hydrogens is 350 g/mol. The second kappa shape index (κ2) is 10.4. The minimum Gasteiger partial charge on any atom is -0.472 e. The second-order valence-electron chi connectivity index (χ2n) is 6.50. The number of alkyl carbamates (subject to hydrolysis) is 1. The van der Waals surface area contributed by atoms with Crippen molar-refractivity contribution in [1.82, 2.24) is 5.32 Å². The molecule has 7 heteroatoms. The molecule has 7 nitrogen and oxygen atoms in total. The Morgan fingerprint density at radius 1 is 1.04 bits per heavy atom. The summed E-state index contributed by atoms with van der Waals surface area (Å²) >= 11 is 0. The zero-order valence-corrected chi connectivity index (χ0v) is 16.1. The van der Waals surface area contributed by atoms with Crippen molar-refractivity contribution >= 4 is 12.1 Å². The molecule has 1 N–H and O–H groups in total. The van der Waals surface area contributed by atoms with Gasteiger partial charge in [-0.25, -0.2) is 4.79 Å². The Kier molecular flexibility index (Phi) is 7.98.